The molecule has 1 aliphatic rings. The zero-order valence-corrected chi connectivity index (χ0v) is 17.0. The Kier molecular flexibility index (Phi) is 5.19. The molecule has 0 radical (unpaired) electrons. The first-order valence-electron chi connectivity index (χ1n) is 10.5. The summed E-state index contributed by atoms with van der Waals surface area (Å²) >= 11 is 0. The molecule has 6 heteroatoms. The summed E-state index contributed by atoms with van der Waals surface area (Å²) < 4.78 is 0. The van der Waals surface area contributed by atoms with Crippen LogP contribution < -0.4 is 10.6 Å². The normalized spacial score (nSPS) is 13.5. The number of fused-ring (bicyclic) bond motifs is 1. The maximum Gasteiger partial charge on any atom is 0.253 e. The van der Waals surface area contributed by atoms with Gasteiger partial charge in [0.1, 0.15) is 0 Å². The molecule has 2 heterocycles. The van der Waals surface area contributed by atoms with Crippen molar-refractivity contribution in [2.24, 2.45) is 5.92 Å². The van der Waals surface area contributed by atoms with Gasteiger partial charge in [-0.15, -0.1) is 0 Å². The van der Waals surface area contributed by atoms with Crippen LogP contribution in [0.2, 0.25) is 0 Å². The predicted octanol–water partition coefficient (Wildman–Crippen LogP) is 5.01. The average Bonchev–Trinajstić information content (AvgIpc) is 3.56. The van der Waals surface area contributed by atoms with Crippen LogP contribution in [0.25, 0.3) is 23.1 Å². The van der Waals surface area contributed by atoms with Crippen LogP contribution in [0.1, 0.15) is 34.6 Å². The lowest BCUT2D eigenvalue weighted by molar-refractivity contribution is 0.0952. The van der Waals surface area contributed by atoms with Crippen molar-refractivity contribution >= 4 is 40.3 Å². The molecule has 2 aromatic heterocycles. The maximum absolute atomic E-state index is 12.6. The first-order valence-corrected chi connectivity index (χ1v) is 10.5. The molecule has 1 fully saturated rings. The van der Waals surface area contributed by atoms with Crippen LogP contribution in [0.4, 0.5) is 11.4 Å². The second-order valence-corrected chi connectivity index (χ2v) is 7.78. The van der Waals surface area contributed by atoms with E-state index < -0.39 is 0 Å². The highest BCUT2D eigenvalue weighted by atomic mass is 16.1. The molecule has 31 heavy (non-hydrogen) atoms. The molecule has 0 saturated heterocycles. The minimum atomic E-state index is -0.0421. The van der Waals surface area contributed by atoms with Gasteiger partial charge in [-0.3, -0.25) is 14.9 Å². The van der Waals surface area contributed by atoms with Crippen molar-refractivity contribution in [2.45, 2.75) is 12.8 Å². The van der Waals surface area contributed by atoms with Gasteiger partial charge in [0.2, 0.25) is 0 Å². The van der Waals surface area contributed by atoms with E-state index in [1.807, 2.05) is 72.8 Å². The van der Waals surface area contributed by atoms with Gasteiger partial charge >= 0.3 is 0 Å². The third kappa shape index (κ3) is 4.48. The number of rotatable bonds is 7. The molecule has 4 aromatic rings. The fourth-order valence-electron chi connectivity index (χ4n) is 3.48. The van der Waals surface area contributed by atoms with Gasteiger partial charge in [-0.2, -0.15) is 5.10 Å². The predicted molar refractivity (Wildman–Crippen MR) is 124 cm³/mol. The largest absolute Gasteiger partial charge is 0.355 e. The van der Waals surface area contributed by atoms with Crippen molar-refractivity contribution in [3.05, 3.63) is 83.8 Å². The van der Waals surface area contributed by atoms with Gasteiger partial charge in [0.25, 0.3) is 5.91 Å². The quantitative estimate of drug-likeness (QED) is 0.401. The lowest BCUT2D eigenvalue weighted by Crippen LogP contribution is -2.26. The standard InChI is InChI=1S/C25H23N5O/c31-25(27-16-17-8-9-17)21-6-1-2-7-22(21)28-19-10-12-20-23(29-30-24(20)15-19)13-11-18-5-3-4-14-26-18/h1-7,10-15,17,28H,8-9,16H2,(H,27,31)(H,29,30)/b13-11+. The highest BCUT2D eigenvalue weighted by Gasteiger charge is 2.22. The lowest BCUT2D eigenvalue weighted by atomic mass is 10.1. The minimum Gasteiger partial charge on any atom is -0.355 e. The van der Waals surface area contributed by atoms with E-state index in [9.17, 15) is 4.79 Å². The topological polar surface area (TPSA) is 82.7 Å². The zero-order valence-electron chi connectivity index (χ0n) is 17.0. The van der Waals surface area contributed by atoms with Gasteiger partial charge in [-0.1, -0.05) is 18.2 Å². The molecule has 0 atom stereocenters. The fraction of sp³-hybridized carbons (Fsp3) is 0.160. The highest BCUT2D eigenvalue weighted by molar-refractivity contribution is 6.00. The Morgan fingerprint density at radius 2 is 1.94 bits per heavy atom. The summed E-state index contributed by atoms with van der Waals surface area (Å²) in [5, 5.41) is 14.9. The monoisotopic (exact) mass is 409 g/mol. The lowest BCUT2D eigenvalue weighted by Gasteiger charge is -2.12. The van der Waals surface area contributed by atoms with E-state index >= 15 is 0 Å². The summed E-state index contributed by atoms with van der Waals surface area (Å²) in [6.45, 7) is 0.752. The van der Waals surface area contributed by atoms with Crippen LogP contribution in [0, 0.1) is 5.92 Å². The highest BCUT2D eigenvalue weighted by Crippen LogP contribution is 2.28. The Labute approximate surface area is 180 Å². The summed E-state index contributed by atoms with van der Waals surface area (Å²) in [5.74, 6) is 0.604. The third-order valence-electron chi connectivity index (χ3n) is 5.39. The number of amides is 1. The SMILES string of the molecule is O=C(NCC1CC1)c1ccccc1Nc1ccc2c(/C=C/c3ccccn3)n[nH]c2c1. The Morgan fingerprint density at radius 3 is 2.77 bits per heavy atom. The number of hydrogen-bond donors (Lipinski definition) is 3. The Morgan fingerprint density at radius 1 is 1.06 bits per heavy atom. The van der Waals surface area contributed by atoms with E-state index in [0.717, 1.165) is 40.2 Å². The summed E-state index contributed by atoms with van der Waals surface area (Å²) in [4.78, 5) is 16.9. The molecule has 0 aliphatic heterocycles. The molecule has 1 saturated carbocycles. The number of anilines is 2. The maximum atomic E-state index is 12.6. The molecule has 0 bridgehead atoms. The molecule has 154 valence electrons. The smallest absolute Gasteiger partial charge is 0.253 e. The van der Waals surface area contributed by atoms with Crippen LogP contribution in [0.5, 0.6) is 0 Å². The second-order valence-electron chi connectivity index (χ2n) is 7.78. The van der Waals surface area contributed by atoms with Crippen LogP contribution in [-0.4, -0.2) is 27.6 Å². The second kappa shape index (κ2) is 8.44. The van der Waals surface area contributed by atoms with Gasteiger partial charge in [-0.25, -0.2) is 0 Å². The van der Waals surface area contributed by atoms with Crippen molar-refractivity contribution in [3.63, 3.8) is 0 Å². The molecule has 1 amide bonds. The molecule has 6 nitrogen and oxygen atoms in total. The molecule has 3 N–H and O–H groups in total. The number of para-hydroxylation sites is 1. The van der Waals surface area contributed by atoms with Gasteiger partial charge in [0, 0.05) is 23.8 Å². The van der Waals surface area contributed by atoms with Crippen molar-refractivity contribution < 1.29 is 4.79 Å². The van der Waals surface area contributed by atoms with Crippen molar-refractivity contribution in [3.8, 4) is 0 Å². The number of aromatic amines is 1. The molecular weight excluding hydrogens is 386 g/mol. The minimum absolute atomic E-state index is 0.0421. The van der Waals surface area contributed by atoms with Crippen LogP contribution in [0.3, 0.4) is 0 Å². The number of aromatic nitrogens is 3. The van der Waals surface area contributed by atoms with Crippen LogP contribution in [-0.2, 0) is 0 Å². The molecule has 0 spiro atoms. The van der Waals surface area contributed by atoms with Gasteiger partial charge in [-0.05, 0) is 73.4 Å². The van der Waals surface area contributed by atoms with Crippen molar-refractivity contribution in [2.75, 3.05) is 11.9 Å². The molecule has 0 unspecified atom stereocenters. The van der Waals surface area contributed by atoms with E-state index in [2.05, 4.69) is 25.8 Å². The zero-order chi connectivity index (χ0) is 21.0. The van der Waals surface area contributed by atoms with E-state index in [1.54, 1.807) is 6.20 Å². The number of benzene rings is 2. The number of hydrogen-bond acceptors (Lipinski definition) is 4. The summed E-state index contributed by atoms with van der Waals surface area (Å²) in [5.41, 5.74) is 4.97. The fourth-order valence-corrected chi connectivity index (χ4v) is 3.48. The number of carbonyl (C=O) groups is 1. The summed E-state index contributed by atoms with van der Waals surface area (Å²) in [6, 6.07) is 19.4. The van der Waals surface area contributed by atoms with Gasteiger partial charge < -0.3 is 10.6 Å². The third-order valence-corrected chi connectivity index (χ3v) is 5.39. The van der Waals surface area contributed by atoms with E-state index in [-0.39, 0.29) is 5.91 Å². The number of nitrogens with zero attached hydrogens (tertiary/aromatic N) is 2. The van der Waals surface area contributed by atoms with Gasteiger partial charge in [0.15, 0.2) is 0 Å². The first kappa shape index (κ1) is 19.1. The Bertz CT molecular complexity index is 1240. The number of H-pyrrole nitrogens is 1. The summed E-state index contributed by atoms with van der Waals surface area (Å²) in [7, 11) is 0. The van der Waals surface area contributed by atoms with Crippen LogP contribution in [0.15, 0.2) is 66.9 Å². The summed E-state index contributed by atoms with van der Waals surface area (Å²) in [6.07, 6.45) is 8.09. The van der Waals surface area contributed by atoms with Crippen molar-refractivity contribution in [1.82, 2.24) is 20.5 Å². The van der Waals surface area contributed by atoms with Crippen LogP contribution >= 0.6 is 0 Å². The number of nitrogens with one attached hydrogen (secondary N) is 3. The van der Waals surface area contributed by atoms with Crippen molar-refractivity contribution in [1.29, 1.82) is 0 Å². The molecule has 5 rings (SSSR count). The number of carbonyl (C=O) groups excluding carboxylic acids is 1. The molecule has 1 aliphatic carbocycles. The molecular formula is C25H23N5O. The Balaban J connectivity index is 1.35. The molecule has 2 aromatic carbocycles. The van der Waals surface area contributed by atoms with E-state index in [1.165, 1.54) is 12.8 Å². The van der Waals surface area contributed by atoms with E-state index in [4.69, 9.17) is 0 Å². The average molecular weight is 409 g/mol. The van der Waals surface area contributed by atoms with Gasteiger partial charge in [0.05, 0.1) is 28.2 Å². The number of pyridine rings is 1. The first-order chi connectivity index (χ1) is 15.3. The Hall–Kier alpha value is -3.93. The van der Waals surface area contributed by atoms with E-state index in [0.29, 0.717) is 11.5 Å².